The van der Waals surface area contributed by atoms with Gasteiger partial charge in [0.05, 0.1) is 66.2 Å². The Morgan fingerprint density at radius 3 is 0.816 bits per heavy atom. The van der Waals surface area contributed by atoms with Gasteiger partial charge in [-0.15, -0.1) is 0 Å². The van der Waals surface area contributed by atoms with Crippen LogP contribution in [-0.4, -0.2) is 27.4 Å². The van der Waals surface area contributed by atoms with Gasteiger partial charge in [-0.1, -0.05) is 285 Å². The first-order valence-electron chi connectivity index (χ1n) is 46.3. The molecule has 136 heavy (non-hydrogen) atoms. The van der Waals surface area contributed by atoms with Crippen molar-refractivity contribution in [1.29, 1.82) is 0 Å². The van der Waals surface area contributed by atoms with Crippen molar-refractivity contribution in [1.82, 2.24) is 27.4 Å². The van der Waals surface area contributed by atoms with Crippen LogP contribution in [-0.2, 0) is 0 Å². The number of furan rings is 4. The van der Waals surface area contributed by atoms with Crippen molar-refractivity contribution in [3.05, 3.63) is 461 Å². The third kappa shape index (κ3) is 11.2. The van der Waals surface area contributed by atoms with Crippen LogP contribution in [0.3, 0.4) is 0 Å². The maximum absolute atomic E-state index is 6.70. The third-order valence-electron chi connectivity index (χ3n) is 28.3. The number of hydrogen-bond acceptors (Lipinski definition) is 4. The van der Waals surface area contributed by atoms with Crippen molar-refractivity contribution in [2.75, 3.05) is 0 Å². The smallest absolute Gasteiger partial charge is 0.143 e. The van der Waals surface area contributed by atoms with Gasteiger partial charge in [-0.05, 0) is 168 Å². The molecule has 21 aromatic carbocycles. The Kier molecular flexibility index (Phi) is 16.4. The lowest BCUT2D eigenvalue weighted by Gasteiger charge is -2.10. The summed E-state index contributed by atoms with van der Waals surface area (Å²) in [6.07, 6.45) is 0. The van der Waals surface area contributed by atoms with Crippen LogP contribution in [0.4, 0.5) is 0 Å². The largest absolute Gasteiger partial charge is 0.456 e. The minimum absolute atomic E-state index is 0.885. The number of benzene rings is 21. The summed E-state index contributed by atoms with van der Waals surface area (Å²) in [6, 6.07) is 165. The van der Waals surface area contributed by atoms with E-state index in [1.165, 1.54) is 131 Å². The zero-order valence-electron chi connectivity index (χ0n) is 73.2. The predicted molar refractivity (Wildman–Crippen MR) is 565 cm³/mol. The van der Waals surface area contributed by atoms with E-state index in [0.29, 0.717) is 0 Å². The van der Waals surface area contributed by atoms with E-state index < -0.39 is 0 Å². The minimum Gasteiger partial charge on any atom is -0.456 e. The predicted octanol–water partition coefficient (Wildman–Crippen LogP) is 34.6. The molecule has 0 amide bonds. The van der Waals surface area contributed by atoms with E-state index in [1.54, 1.807) is 0 Å². The Labute approximate surface area is 775 Å². The topological polar surface area (TPSA) is 82.1 Å². The third-order valence-corrected chi connectivity index (χ3v) is 28.3. The van der Waals surface area contributed by atoms with E-state index in [2.05, 4.69) is 452 Å². The van der Waals surface area contributed by atoms with Crippen molar-refractivity contribution in [3.8, 4) is 56.4 Å². The molecule has 31 aromatic rings. The van der Waals surface area contributed by atoms with Gasteiger partial charge >= 0.3 is 0 Å². The van der Waals surface area contributed by atoms with E-state index in [-0.39, 0.29) is 0 Å². The second-order valence-electron chi connectivity index (χ2n) is 35.6. The molecule has 0 fully saturated rings. The van der Waals surface area contributed by atoms with Gasteiger partial charge in [0.15, 0.2) is 0 Å². The highest BCUT2D eigenvalue weighted by atomic mass is 16.3. The Morgan fingerprint density at radius 2 is 0.397 bits per heavy atom. The lowest BCUT2D eigenvalue weighted by molar-refractivity contribution is 0.668. The van der Waals surface area contributed by atoms with Gasteiger partial charge in [-0.3, -0.25) is 0 Å². The number of rotatable bonds is 8. The number of para-hydroxylation sites is 11. The number of hydrogen-bond donors (Lipinski definition) is 0. The lowest BCUT2D eigenvalue weighted by Crippen LogP contribution is -1.95. The molecule has 0 saturated heterocycles. The number of fused-ring (bicyclic) bond motifs is 33. The molecule has 0 aliphatic carbocycles. The summed E-state index contributed by atoms with van der Waals surface area (Å²) in [5.41, 5.74) is 32.7. The number of aromatic nitrogens is 6. The van der Waals surface area contributed by atoms with Gasteiger partial charge in [0.1, 0.15) is 44.7 Å². The van der Waals surface area contributed by atoms with Gasteiger partial charge in [0, 0.05) is 172 Å². The van der Waals surface area contributed by atoms with E-state index in [9.17, 15) is 0 Å². The first-order chi connectivity index (χ1) is 67.5. The van der Waals surface area contributed by atoms with E-state index in [1.807, 2.05) is 36.4 Å². The Morgan fingerprint density at radius 1 is 0.132 bits per heavy atom. The second kappa shape index (κ2) is 29.6. The summed E-state index contributed by atoms with van der Waals surface area (Å²) in [7, 11) is 0. The van der Waals surface area contributed by atoms with Crippen LogP contribution in [0.15, 0.2) is 479 Å². The maximum atomic E-state index is 6.70. The first kappa shape index (κ1) is 75.4. The van der Waals surface area contributed by atoms with Crippen LogP contribution in [0.25, 0.3) is 275 Å². The van der Waals surface area contributed by atoms with Crippen LogP contribution in [0.1, 0.15) is 0 Å². The molecule has 0 aliphatic heterocycles. The molecule has 31 rings (SSSR count). The molecular weight excluding hydrogens is 1660 g/mol. The fourth-order valence-electron chi connectivity index (χ4n) is 22.5. The highest BCUT2D eigenvalue weighted by Gasteiger charge is 2.28. The highest BCUT2D eigenvalue weighted by Crippen LogP contribution is 2.50. The molecule has 634 valence electrons. The average molecular weight is 1740 g/mol. The fraction of sp³-hybridized carbons (Fsp3) is 0. The van der Waals surface area contributed by atoms with Crippen molar-refractivity contribution >= 4 is 219 Å². The zero-order valence-corrected chi connectivity index (χ0v) is 73.2. The average Bonchev–Trinajstić information content (AvgIpc) is 1.53. The van der Waals surface area contributed by atoms with Crippen molar-refractivity contribution in [3.63, 3.8) is 0 Å². The van der Waals surface area contributed by atoms with Gasteiger partial charge in [-0.25, -0.2) is 0 Å². The molecule has 10 heteroatoms. The maximum Gasteiger partial charge on any atom is 0.143 e. The van der Waals surface area contributed by atoms with Gasteiger partial charge < -0.3 is 45.1 Å². The Balaban J connectivity index is 0.0000000989. The first-order valence-corrected chi connectivity index (χ1v) is 46.3. The summed E-state index contributed by atoms with van der Waals surface area (Å²) >= 11 is 0. The highest BCUT2D eigenvalue weighted by molar-refractivity contribution is 6.31. The Hall–Kier alpha value is -18.4. The zero-order chi connectivity index (χ0) is 88.9. The normalized spacial score (nSPS) is 12.1. The van der Waals surface area contributed by atoms with Crippen molar-refractivity contribution in [2.24, 2.45) is 0 Å². The summed E-state index contributed by atoms with van der Waals surface area (Å²) < 4.78 is 40.1. The SMILES string of the molecule is c1ccc(-c2ccc(-n3c4ccccc4c4c5c6ccccc6n(-c6ccc7c(c6)oc6ccccc67)c5ccc43)cc2)cc1.c1ccc(-c2cccc3c2oc2cc(-n4c5ccccc5c5ccc6c(c7ccccc7n6-c6ccccc6)c54)ccc23)cc1.c1ccc2c(c1)oc1cc(-n3c4ccccc4c4c3ccc3c5ccccc5n(-c5ccc6c(c5)oc5ccccc56)c34)ccc12. The summed E-state index contributed by atoms with van der Waals surface area (Å²) in [4.78, 5) is 0. The lowest BCUT2D eigenvalue weighted by atomic mass is 10.0. The molecule has 0 N–H and O–H groups in total. The fourth-order valence-corrected chi connectivity index (χ4v) is 22.5. The molecule has 10 heterocycles. The van der Waals surface area contributed by atoms with Gasteiger partial charge in [0.2, 0.25) is 0 Å². The summed E-state index contributed by atoms with van der Waals surface area (Å²) in [5.74, 6) is 0. The van der Waals surface area contributed by atoms with Crippen LogP contribution < -0.4 is 0 Å². The van der Waals surface area contributed by atoms with Gasteiger partial charge in [-0.2, -0.15) is 0 Å². The molecule has 0 unspecified atom stereocenters. The van der Waals surface area contributed by atoms with Gasteiger partial charge in [0.25, 0.3) is 0 Å². The van der Waals surface area contributed by atoms with Crippen LogP contribution in [0.5, 0.6) is 0 Å². The quantitative estimate of drug-likeness (QED) is 0.152. The molecule has 0 radical (unpaired) electrons. The molecule has 10 nitrogen and oxygen atoms in total. The van der Waals surface area contributed by atoms with Crippen molar-refractivity contribution < 1.29 is 17.7 Å². The second-order valence-corrected chi connectivity index (χ2v) is 35.6. The van der Waals surface area contributed by atoms with E-state index in [4.69, 9.17) is 17.7 Å². The van der Waals surface area contributed by atoms with Crippen LogP contribution >= 0.6 is 0 Å². The summed E-state index contributed by atoms with van der Waals surface area (Å²) in [6.45, 7) is 0. The number of nitrogens with zero attached hydrogens (tertiary/aromatic N) is 6. The molecular formula is C126H76N6O4. The van der Waals surface area contributed by atoms with Crippen molar-refractivity contribution in [2.45, 2.75) is 0 Å². The molecule has 0 spiro atoms. The molecule has 0 atom stereocenters. The molecule has 10 aromatic heterocycles. The minimum atomic E-state index is 0.885. The van der Waals surface area contributed by atoms with E-state index >= 15 is 0 Å². The van der Waals surface area contributed by atoms with Crippen LogP contribution in [0.2, 0.25) is 0 Å². The van der Waals surface area contributed by atoms with E-state index in [0.717, 1.165) is 144 Å². The summed E-state index contributed by atoms with van der Waals surface area (Å²) in [5, 5.41) is 24.0. The molecule has 0 aliphatic rings. The standard InChI is InChI=1S/C42H24N2O2.2C42H26N2O/c1-5-13-34-27(9-1)32-21-22-36-41(42(32)44(34)26-18-20-31-29-11-4-8-16-38(29)46-40(31)24-26)33-12-2-6-14-35(33)43(36)25-17-19-30-28-10-3-7-15-37(28)45-39(30)23-25;1-3-12-27(13-4-1)30-18-11-19-34-32-23-22-29(26-39(32)45-42(30)34)44-36-20-9-7-16-31(36)33-24-25-38-40(41(33)44)35-17-8-10-21-37(35)43(38)28-14-5-2-6-15-28;1-2-10-27(11-3-1)28-18-20-29(21-19-28)43-35-15-7-4-13-33(35)41-37(43)24-25-38-42(41)34-14-5-8-16-36(34)44(38)30-22-23-32-31-12-6-9-17-39(31)45-40(32)26-30/h1-24H;2*1-26H. The Bertz CT molecular complexity index is 10400. The molecule has 0 saturated carbocycles. The van der Waals surface area contributed by atoms with Crippen LogP contribution in [0, 0.1) is 0 Å². The molecule has 0 bridgehead atoms. The monoisotopic (exact) mass is 1740 g/mol.